The van der Waals surface area contributed by atoms with E-state index >= 15 is 0 Å². The minimum atomic E-state index is -4.56. The van der Waals surface area contributed by atoms with Crippen molar-refractivity contribution >= 4 is 23.2 Å². The molecule has 9 heteroatoms. The van der Waals surface area contributed by atoms with Crippen LogP contribution in [0.2, 0.25) is 5.02 Å². The summed E-state index contributed by atoms with van der Waals surface area (Å²) in [7, 11) is 0. The highest BCUT2D eigenvalue weighted by Gasteiger charge is 2.31. The molecular weight excluding hydrogens is 395 g/mol. The summed E-state index contributed by atoms with van der Waals surface area (Å²) in [6.07, 6.45) is -3.43. The molecule has 0 spiro atoms. The molecule has 0 aliphatic heterocycles. The highest BCUT2D eigenvalue weighted by molar-refractivity contribution is 6.33. The SMILES string of the molecule is O=C(Nc1cc(C(F)(F)F)ccc1Cl)c1cc(OCc2ccccc2)ncn1. The number of carbonyl (C=O) groups excluding carboxylic acids is 1. The van der Waals surface area contributed by atoms with Crippen LogP contribution in [0.4, 0.5) is 18.9 Å². The molecule has 28 heavy (non-hydrogen) atoms. The largest absolute Gasteiger partial charge is 0.473 e. The van der Waals surface area contributed by atoms with Crippen LogP contribution >= 0.6 is 11.6 Å². The molecule has 0 saturated carbocycles. The number of hydrogen-bond acceptors (Lipinski definition) is 4. The van der Waals surface area contributed by atoms with Gasteiger partial charge in [-0.05, 0) is 23.8 Å². The van der Waals surface area contributed by atoms with Crippen LogP contribution in [0.15, 0.2) is 60.9 Å². The van der Waals surface area contributed by atoms with Crippen molar-refractivity contribution in [1.29, 1.82) is 0 Å². The Morgan fingerprint density at radius 2 is 1.82 bits per heavy atom. The third-order valence-electron chi connectivity index (χ3n) is 3.65. The molecule has 144 valence electrons. The zero-order valence-electron chi connectivity index (χ0n) is 14.2. The van der Waals surface area contributed by atoms with Crippen molar-refractivity contribution in [3.8, 4) is 5.88 Å². The molecule has 1 heterocycles. The van der Waals surface area contributed by atoms with Crippen LogP contribution in [0.1, 0.15) is 21.6 Å². The summed E-state index contributed by atoms with van der Waals surface area (Å²) < 4.78 is 44.0. The molecule has 0 bridgehead atoms. The molecular formula is C19H13ClF3N3O2. The van der Waals surface area contributed by atoms with E-state index in [1.807, 2.05) is 30.3 Å². The molecule has 0 atom stereocenters. The third kappa shape index (κ3) is 4.98. The summed E-state index contributed by atoms with van der Waals surface area (Å²) in [6.45, 7) is 0.234. The van der Waals surface area contributed by atoms with E-state index in [2.05, 4.69) is 15.3 Å². The highest BCUT2D eigenvalue weighted by atomic mass is 35.5. The first-order chi connectivity index (χ1) is 13.3. The predicted octanol–water partition coefficient (Wildman–Crippen LogP) is 4.98. The number of amides is 1. The molecule has 1 aromatic heterocycles. The zero-order valence-corrected chi connectivity index (χ0v) is 15.0. The van der Waals surface area contributed by atoms with E-state index in [1.54, 1.807) is 0 Å². The van der Waals surface area contributed by atoms with Crippen molar-refractivity contribution in [3.63, 3.8) is 0 Å². The summed E-state index contributed by atoms with van der Waals surface area (Å²) in [5.74, 6) is -0.590. The number of halogens is 4. The number of rotatable bonds is 5. The van der Waals surface area contributed by atoms with Crippen molar-refractivity contribution in [3.05, 3.63) is 82.8 Å². The number of anilines is 1. The molecule has 5 nitrogen and oxygen atoms in total. The lowest BCUT2D eigenvalue weighted by Gasteiger charge is -2.11. The summed E-state index contributed by atoms with van der Waals surface area (Å²) in [5, 5.41) is 2.29. The van der Waals surface area contributed by atoms with Crippen molar-refractivity contribution in [2.75, 3.05) is 5.32 Å². The Kier molecular flexibility index (Phi) is 5.79. The van der Waals surface area contributed by atoms with Gasteiger partial charge in [0.1, 0.15) is 18.6 Å². The maximum Gasteiger partial charge on any atom is 0.416 e. The predicted molar refractivity (Wildman–Crippen MR) is 97.2 cm³/mol. The minimum absolute atomic E-state index is 0.0315. The minimum Gasteiger partial charge on any atom is -0.473 e. The van der Waals surface area contributed by atoms with Gasteiger partial charge in [0.2, 0.25) is 5.88 Å². The fraction of sp³-hybridized carbons (Fsp3) is 0.105. The van der Waals surface area contributed by atoms with Gasteiger partial charge in [-0.15, -0.1) is 0 Å². The Bertz CT molecular complexity index is 982. The van der Waals surface area contributed by atoms with Gasteiger partial charge in [0.05, 0.1) is 16.3 Å². The van der Waals surface area contributed by atoms with Gasteiger partial charge in [-0.1, -0.05) is 41.9 Å². The molecule has 3 aromatic rings. The fourth-order valence-electron chi connectivity index (χ4n) is 2.26. The fourth-order valence-corrected chi connectivity index (χ4v) is 2.42. The van der Waals surface area contributed by atoms with Crippen LogP contribution in [0.25, 0.3) is 0 Å². The second kappa shape index (κ2) is 8.26. The first kappa shape index (κ1) is 19.6. The zero-order chi connectivity index (χ0) is 20.1. The lowest BCUT2D eigenvalue weighted by Crippen LogP contribution is -2.15. The average molecular weight is 408 g/mol. The number of aromatic nitrogens is 2. The van der Waals surface area contributed by atoms with Crippen molar-refractivity contribution in [1.82, 2.24) is 9.97 Å². The third-order valence-corrected chi connectivity index (χ3v) is 3.98. The van der Waals surface area contributed by atoms with E-state index in [0.717, 1.165) is 30.1 Å². The first-order valence-electron chi connectivity index (χ1n) is 8.00. The topological polar surface area (TPSA) is 64.1 Å². The van der Waals surface area contributed by atoms with Gasteiger partial charge < -0.3 is 10.1 Å². The Labute approximate surface area is 163 Å². The molecule has 0 unspecified atom stereocenters. The van der Waals surface area contributed by atoms with Gasteiger partial charge in [-0.25, -0.2) is 9.97 Å². The van der Waals surface area contributed by atoms with E-state index < -0.39 is 17.6 Å². The second-order valence-corrected chi connectivity index (χ2v) is 6.07. The van der Waals surface area contributed by atoms with Gasteiger partial charge in [0, 0.05) is 6.07 Å². The Morgan fingerprint density at radius 3 is 2.54 bits per heavy atom. The van der Waals surface area contributed by atoms with Crippen molar-refractivity contribution in [2.24, 2.45) is 0 Å². The molecule has 0 aliphatic carbocycles. The normalized spacial score (nSPS) is 11.1. The van der Waals surface area contributed by atoms with Gasteiger partial charge in [-0.3, -0.25) is 4.79 Å². The van der Waals surface area contributed by atoms with Crippen LogP contribution in [-0.2, 0) is 12.8 Å². The first-order valence-corrected chi connectivity index (χ1v) is 8.37. The number of nitrogens with zero attached hydrogens (tertiary/aromatic N) is 2. The van der Waals surface area contributed by atoms with E-state index in [4.69, 9.17) is 16.3 Å². The summed E-state index contributed by atoms with van der Waals surface area (Å²) >= 11 is 5.89. The van der Waals surface area contributed by atoms with Gasteiger partial charge in [0.15, 0.2) is 0 Å². The molecule has 1 amide bonds. The molecule has 2 aromatic carbocycles. The monoisotopic (exact) mass is 407 g/mol. The van der Waals surface area contributed by atoms with E-state index in [0.29, 0.717) is 0 Å². The van der Waals surface area contributed by atoms with Crippen LogP contribution in [0.5, 0.6) is 5.88 Å². The van der Waals surface area contributed by atoms with E-state index in [9.17, 15) is 18.0 Å². The second-order valence-electron chi connectivity index (χ2n) is 5.66. The molecule has 3 rings (SSSR count). The van der Waals surface area contributed by atoms with Crippen molar-refractivity contribution < 1.29 is 22.7 Å². The number of ether oxygens (including phenoxy) is 1. The van der Waals surface area contributed by atoms with Gasteiger partial charge >= 0.3 is 6.18 Å². The summed E-state index contributed by atoms with van der Waals surface area (Å²) in [4.78, 5) is 20.1. The highest BCUT2D eigenvalue weighted by Crippen LogP contribution is 2.34. The number of benzene rings is 2. The van der Waals surface area contributed by atoms with E-state index in [1.165, 1.54) is 6.07 Å². The van der Waals surface area contributed by atoms with Crippen LogP contribution in [0, 0.1) is 0 Å². The van der Waals surface area contributed by atoms with Crippen molar-refractivity contribution in [2.45, 2.75) is 12.8 Å². The quantitative estimate of drug-likeness (QED) is 0.648. The summed E-state index contributed by atoms with van der Waals surface area (Å²) in [6, 6.07) is 13.3. The van der Waals surface area contributed by atoms with Gasteiger partial charge in [0.25, 0.3) is 5.91 Å². The van der Waals surface area contributed by atoms with E-state index in [-0.39, 0.29) is 28.9 Å². The molecule has 0 aliphatic rings. The van der Waals surface area contributed by atoms with Crippen LogP contribution in [-0.4, -0.2) is 15.9 Å². The Hall–Kier alpha value is -3.13. The maximum absolute atomic E-state index is 12.8. The molecule has 0 radical (unpaired) electrons. The number of alkyl halides is 3. The Balaban J connectivity index is 1.73. The number of nitrogens with one attached hydrogen (secondary N) is 1. The van der Waals surface area contributed by atoms with Crippen LogP contribution in [0.3, 0.4) is 0 Å². The Morgan fingerprint density at radius 1 is 1.07 bits per heavy atom. The lowest BCUT2D eigenvalue weighted by atomic mass is 10.2. The smallest absolute Gasteiger partial charge is 0.416 e. The number of hydrogen-bond donors (Lipinski definition) is 1. The average Bonchev–Trinajstić information content (AvgIpc) is 2.68. The lowest BCUT2D eigenvalue weighted by molar-refractivity contribution is -0.137. The molecule has 1 N–H and O–H groups in total. The van der Waals surface area contributed by atoms with Gasteiger partial charge in [-0.2, -0.15) is 13.2 Å². The maximum atomic E-state index is 12.8. The standard InChI is InChI=1S/C19H13ClF3N3O2/c20-14-7-6-13(19(21,22)23)8-15(14)26-18(27)16-9-17(25-11-24-16)28-10-12-4-2-1-3-5-12/h1-9,11H,10H2,(H,26,27). The molecule has 0 saturated heterocycles. The van der Waals surface area contributed by atoms with Crippen LogP contribution < -0.4 is 10.1 Å². The summed E-state index contributed by atoms with van der Waals surface area (Å²) in [5.41, 5.74) is -0.275. The number of carbonyl (C=O) groups is 1. The molecule has 0 fully saturated rings.